The molecular formula is C15H11ClFN3O. The number of hydrogen-bond acceptors (Lipinski definition) is 4. The number of halogens is 2. The van der Waals surface area contributed by atoms with E-state index in [2.05, 4.69) is 15.3 Å². The Bertz CT molecular complexity index is 810. The highest BCUT2D eigenvalue weighted by Gasteiger charge is 2.04. The molecule has 0 unspecified atom stereocenters. The zero-order valence-electron chi connectivity index (χ0n) is 11.1. The number of hydrogen-bond donors (Lipinski definition) is 1. The van der Waals surface area contributed by atoms with Crippen LogP contribution in [-0.4, -0.2) is 17.1 Å². The Morgan fingerprint density at radius 3 is 2.81 bits per heavy atom. The van der Waals surface area contributed by atoms with Gasteiger partial charge in [-0.1, -0.05) is 11.6 Å². The van der Waals surface area contributed by atoms with Crippen molar-refractivity contribution in [3.8, 4) is 5.75 Å². The van der Waals surface area contributed by atoms with Crippen LogP contribution in [0.2, 0.25) is 5.02 Å². The maximum atomic E-state index is 13.1. The Morgan fingerprint density at radius 1 is 1.19 bits per heavy atom. The van der Waals surface area contributed by atoms with Gasteiger partial charge in [0.1, 0.15) is 11.6 Å². The Morgan fingerprint density at radius 2 is 2.05 bits per heavy atom. The molecule has 0 atom stereocenters. The van der Waals surface area contributed by atoms with E-state index in [-0.39, 0.29) is 5.02 Å². The summed E-state index contributed by atoms with van der Waals surface area (Å²) >= 11 is 5.74. The third-order valence-electron chi connectivity index (χ3n) is 2.97. The van der Waals surface area contributed by atoms with E-state index in [4.69, 9.17) is 16.3 Å². The molecule has 0 amide bonds. The zero-order valence-corrected chi connectivity index (χ0v) is 11.9. The molecule has 0 aliphatic heterocycles. The summed E-state index contributed by atoms with van der Waals surface area (Å²) in [6.45, 7) is 0. The molecule has 1 aromatic heterocycles. The van der Waals surface area contributed by atoms with Crippen molar-refractivity contribution in [2.45, 2.75) is 0 Å². The van der Waals surface area contributed by atoms with Gasteiger partial charge in [0.15, 0.2) is 0 Å². The fourth-order valence-electron chi connectivity index (χ4n) is 1.89. The highest BCUT2D eigenvalue weighted by Crippen LogP contribution is 2.23. The molecule has 3 rings (SSSR count). The van der Waals surface area contributed by atoms with E-state index in [9.17, 15) is 4.39 Å². The lowest BCUT2D eigenvalue weighted by Crippen LogP contribution is -1.97. The van der Waals surface area contributed by atoms with Crippen molar-refractivity contribution in [1.29, 1.82) is 0 Å². The van der Waals surface area contributed by atoms with Crippen LogP contribution in [0.15, 0.2) is 42.6 Å². The Kier molecular flexibility index (Phi) is 3.58. The monoisotopic (exact) mass is 303 g/mol. The van der Waals surface area contributed by atoms with Gasteiger partial charge in [-0.25, -0.2) is 14.4 Å². The van der Waals surface area contributed by atoms with Gasteiger partial charge < -0.3 is 10.1 Å². The van der Waals surface area contributed by atoms with E-state index in [0.29, 0.717) is 11.6 Å². The van der Waals surface area contributed by atoms with Crippen molar-refractivity contribution in [2.24, 2.45) is 0 Å². The SMILES string of the molecule is COc1ccc2cnc(Nc3ccc(F)c(Cl)c3)nc2c1. The Hall–Kier alpha value is -2.40. The first-order valence-corrected chi connectivity index (χ1v) is 6.56. The summed E-state index contributed by atoms with van der Waals surface area (Å²) in [6.07, 6.45) is 1.70. The second-order valence-corrected chi connectivity index (χ2v) is 4.78. The van der Waals surface area contributed by atoms with Crippen LogP contribution in [0.1, 0.15) is 0 Å². The normalized spacial score (nSPS) is 10.6. The first-order chi connectivity index (χ1) is 10.2. The van der Waals surface area contributed by atoms with Gasteiger partial charge in [-0.2, -0.15) is 0 Å². The van der Waals surface area contributed by atoms with Crippen molar-refractivity contribution in [3.05, 3.63) is 53.4 Å². The number of rotatable bonds is 3. The van der Waals surface area contributed by atoms with E-state index in [1.165, 1.54) is 12.1 Å². The maximum Gasteiger partial charge on any atom is 0.227 e. The fourth-order valence-corrected chi connectivity index (χ4v) is 2.07. The average molecular weight is 304 g/mol. The lowest BCUT2D eigenvalue weighted by Gasteiger charge is -2.07. The van der Waals surface area contributed by atoms with Gasteiger partial charge in [-0.05, 0) is 30.3 Å². The fraction of sp³-hybridized carbons (Fsp3) is 0.0667. The van der Waals surface area contributed by atoms with Gasteiger partial charge in [0, 0.05) is 23.3 Å². The summed E-state index contributed by atoms with van der Waals surface area (Å²) in [6, 6.07) is 9.89. The van der Waals surface area contributed by atoms with E-state index < -0.39 is 5.82 Å². The first kappa shape index (κ1) is 13.6. The quantitative estimate of drug-likeness (QED) is 0.788. The van der Waals surface area contributed by atoms with Crippen LogP contribution in [0.3, 0.4) is 0 Å². The van der Waals surface area contributed by atoms with E-state index in [1.807, 2.05) is 18.2 Å². The molecule has 0 saturated heterocycles. The van der Waals surface area contributed by atoms with E-state index >= 15 is 0 Å². The summed E-state index contributed by atoms with van der Waals surface area (Å²) in [4.78, 5) is 8.60. The zero-order chi connectivity index (χ0) is 14.8. The first-order valence-electron chi connectivity index (χ1n) is 6.18. The number of methoxy groups -OCH3 is 1. The highest BCUT2D eigenvalue weighted by molar-refractivity contribution is 6.31. The van der Waals surface area contributed by atoms with Crippen molar-refractivity contribution in [2.75, 3.05) is 12.4 Å². The van der Waals surface area contributed by atoms with Gasteiger partial charge in [-0.3, -0.25) is 0 Å². The Balaban J connectivity index is 1.94. The van der Waals surface area contributed by atoms with E-state index in [0.717, 1.165) is 16.7 Å². The maximum absolute atomic E-state index is 13.1. The summed E-state index contributed by atoms with van der Waals surface area (Å²) in [7, 11) is 1.60. The molecule has 0 aliphatic carbocycles. The minimum Gasteiger partial charge on any atom is -0.497 e. The van der Waals surface area contributed by atoms with Crippen LogP contribution >= 0.6 is 11.6 Å². The predicted molar refractivity (Wildman–Crippen MR) is 80.8 cm³/mol. The lowest BCUT2D eigenvalue weighted by atomic mass is 10.2. The van der Waals surface area contributed by atoms with Crippen molar-refractivity contribution in [1.82, 2.24) is 9.97 Å². The molecular weight excluding hydrogens is 293 g/mol. The summed E-state index contributed by atoms with van der Waals surface area (Å²) in [5, 5.41) is 3.93. The minimum atomic E-state index is -0.466. The molecule has 0 spiro atoms. The summed E-state index contributed by atoms with van der Waals surface area (Å²) < 4.78 is 18.3. The lowest BCUT2D eigenvalue weighted by molar-refractivity contribution is 0.415. The van der Waals surface area contributed by atoms with Gasteiger partial charge in [0.05, 0.1) is 17.6 Å². The number of benzene rings is 2. The molecule has 3 aromatic rings. The predicted octanol–water partition coefficient (Wildman–Crippen LogP) is 4.17. The van der Waals surface area contributed by atoms with Crippen molar-refractivity contribution < 1.29 is 9.13 Å². The second-order valence-electron chi connectivity index (χ2n) is 4.37. The molecule has 106 valence electrons. The molecule has 0 saturated carbocycles. The van der Waals surface area contributed by atoms with E-state index in [1.54, 1.807) is 19.4 Å². The van der Waals surface area contributed by atoms with Crippen LogP contribution in [0.4, 0.5) is 16.0 Å². The summed E-state index contributed by atoms with van der Waals surface area (Å²) in [5.74, 6) is 0.654. The molecule has 6 heteroatoms. The largest absolute Gasteiger partial charge is 0.497 e. The minimum absolute atomic E-state index is 0.0439. The van der Waals surface area contributed by atoms with Crippen LogP contribution < -0.4 is 10.1 Å². The number of anilines is 2. The van der Waals surface area contributed by atoms with Crippen molar-refractivity contribution in [3.63, 3.8) is 0 Å². The number of fused-ring (bicyclic) bond motifs is 1. The molecule has 1 N–H and O–H groups in total. The molecule has 1 heterocycles. The molecule has 0 radical (unpaired) electrons. The van der Waals surface area contributed by atoms with Crippen LogP contribution in [0, 0.1) is 5.82 Å². The highest BCUT2D eigenvalue weighted by atomic mass is 35.5. The van der Waals surface area contributed by atoms with Gasteiger partial charge in [0.25, 0.3) is 0 Å². The molecule has 4 nitrogen and oxygen atoms in total. The standard InChI is InChI=1S/C15H11ClFN3O/c1-21-11-4-2-9-8-18-15(20-14(9)7-11)19-10-3-5-13(17)12(16)6-10/h2-8H,1H3,(H,18,19,20). The van der Waals surface area contributed by atoms with Crippen molar-refractivity contribution >= 4 is 34.1 Å². The third kappa shape index (κ3) is 2.87. The molecule has 0 fully saturated rings. The third-order valence-corrected chi connectivity index (χ3v) is 3.26. The molecule has 0 bridgehead atoms. The molecule has 0 aliphatic rings. The number of aromatic nitrogens is 2. The molecule has 2 aromatic carbocycles. The summed E-state index contributed by atoms with van der Waals surface area (Å²) in [5.41, 5.74) is 1.36. The number of nitrogens with zero attached hydrogens (tertiary/aromatic N) is 2. The Labute approximate surface area is 125 Å². The second kappa shape index (κ2) is 5.54. The van der Waals surface area contributed by atoms with Gasteiger partial charge in [-0.15, -0.1) is 0 Å². The van der Waals surface area contributed by atoms with Gasteiger partial charge >= 0.3 is 0 Å². The molecule has 21 heavy (non-hydrogen) atoms. The van der Waals surface area contributed by atoms with Crippen LogP contribution in [-0.2, 0) is 0 Å². The average Bonchev–Trinajstić information content (AvgIpc) is 2.50. The van der Waals surface area contributed by atoms with Crippen LogP contribution in [0.25, 0.3) is 10.9 Å². The van der Waals surface area contributed by atoms with Crippen LogP contribution in [0.5, 0.6) is 5.75 Å². The number of nitrogens with one attached hydrogen (secondary N) is 1. The topological polar surface area (TPSA) is 47.0 Å². The van der Waals surface area contributed by atoms with Gasteiger partial charge in [0.2, 0.25) is 5.95 Å². The smallest absolute Gasteiger partial charge is 0.227 e. The number of ether oxygens (including phenoxy) is 1.